The first-order valence-electron chi connectivity index (χ1n) is 7.79. The van der Waals surface area contributed by atoms with Gasteiger partial charge >= 0.3 is 5.69 Å². The third kappa shape index (κ3) is 2.16. The average molecular weight is 343 g/mol. The molecule has 0 amide bonds. The SMILES string of the molecule is Cn1c(=O)c2c(nc3n2C[C@H](O)CN3c2ccc(O)cc2)n(C)c1=O. The van der Waals surface area contributed by atoms with Gasteiger partial charge in [0.15, 0.2) is 11.2 Å². The number of imidazole rings is 1. The molecule has 1 aliphatic heterocycles. The second kappa shape index (κ2) is 5.21. The first-order chi connectivity index (χ1) is 11.9. The van der Waals surface area contributed by atoms with Crippen LogP contribution in [0.4, 0.5) is 11.6 Å². The maximum Gasteiger partial charge on any atom is 0.332 e. The van der Waals surface area contributed by atoms with Crippen LogP contribution in [0.2, 0.25) is 0 Å². The molecule has 1 aromatic carbocycles. The Bertz CT molecular complexity index is 1090. The lowest BCUT2D eigenvalue weighted by atomic mass is 10.2. The van der Waals surface area contributed by atoms with Gasteiger partial charge in [-0.2, -0.15) is 4.98 Å². The van der Waals surface area contributed by atoms with Gasteiger partial charge in [-0.1, -0.05) is 0 Å². The minimum Gasteiger partial charge on any atom is -0.508 e. The molecule has 3 heterocycles. The number of phenols is 1. The highest BCUT2D eigenvalue weighted by molar-refractivity contribution is 5.77. The summed E-state index contributed by atoms with van der Waals surface area (Å²) in [6, 6.07) is 6.48. The minimum atomic E-state index is -0.708. The molecule has 0 spiro atoms. The second-order valence-electron chi connectivity index (χ2n) is 6.18. The molecule has 1 atom stereocenters. The van der Waals surface area contributed by atoms with Crippen LogP contribution in [-0.2, 0) is 20.6 Å². The van der Waals surface area contributed by atoms with Gasteiger partial charge in [0.05, 0.1) is 19.2 Å². The zero-order valence-electron chi connectivity index (χ0n) is 13.7. The molecule has 25 heavy (non-hydrogen) atoms. The van der Waals surface area contributed by atoms with Gasteiger partial charge in [-0.25, -0.2) is 4.79 Å². The number of β-amino-alcohol motifs (C(OH)–C–C–N with tert-alkyl or cyclic N) is 1. The van der Waals surface area contributed by atoms with E-state index in [4.69, 9.17) is 0 Å². The molecule has 0 bridgehead atoms. The Morgan fingerprint density at radius 3 is 2.44 bits per heavy atom. The Morgan fingerprint density at radius 1 is 1.08 bits per heavy atom. The highest BCUT2D eigenvalue weighted by Gasteiger charge is 2.30. The Labute approximate surface area is 141 Å². The van der Waals surface area contributed by atoms with Crippen molar-refractivity contribution in [3.8, 4) is 5.75 Å². The lowest BCUT2D eigenvalue weighted by Gasteiger charge is -2.32. The Hall–Kier alpha value is -3.07. The lowest BCUT2D eigenvalue weighted by Crippen LogP contribution is -2.40. The van der Waals surface area contributed by atoms with E-state index in [1.807, 2.05) is 0 Å². The zero-order valence-corrected chi connectivity index (χ0v) is 13.7. The summed E-state index contributed by atoms with van der Waals surface area (Å²) in [5, 5.41) is 19.8. The topological polar surface area (TPSA) is 106 Å². The molecule has 2 N–H and O–H groups in total. The van der Waals surface area contributed by atoms with Crippen molar-refractivity contribution in [2.75, 3.05) is 11.4 Å². The van der Waals surface area contributed by atoms with Gasteiger partial charge in [0, 0.05) is 19.8 Å². The number of hydrogen-bond acceptors (Lipinski definition) is 6. The molecule has 2 aromatic heterocycles. The number of aryl methyl sites for hydroxylation is 1. The van der Waals surface area contributed by atoms with Crippen molar-refractivity contribution in [1.82, 2.24) is 18.7 Å². The molecular weight excluding hydrogens is 326 g/mol. The van der Waals surface area contributed by atoms with Crippen molar-refractivity contribution in [3.63, 3.8) is 0 Å². The smallest absolute Gasteiger partial charge is 0.332 e. The number of benzene rings is 1. The van der Waals surface area contributed by atoms with Gasteiger partial charge in [-0.15, -0.1) is 0 Å². The molecule has 9 heteroatoms. The van der Waals surface area contributed by atoms with Crippen LogP contribution in [0.15, 0.2) is 33.9 Å². The number of rotatable bonds is 1. The standard InChI is InChI=1S/C16H17N5O4/c1-18-13-12(14(24)19(2)16(18)25)21-8-11(23)7-20(15(21)17-13)9-3-5-10(22)6-4-9/h3-6,11,22-23H,7-8H2,1-2H3/t11-/m1/s1. The lowest BCUT2D eigenvalue weighted by molar-refractivity contribution is 0.154. The molecule has 0 fully saturated rings. The largest absolute Gasteiger partial charge is 0.508 e. The fourth-order valence-electron chi connectivity index (χ4n) is 3.23. The number of nitrogens with zero attached hydrogens (tertiary/aromatic N) is 5. The summed E-state index contributed by atoms with van der Waals surface area (Å²) in [7, 11) is 2.98. The van der Waals surface area contributed by atoms with E-state index in [1.165, 1.54) is 23.7 Å². The van der Waals surface area contributed by atoms with Crippen molar-refractivity contribution in [3.05, 3.63) is 45.1 Å². The predicted molar refractivity (Wildman–Crippen MR) is 91.3 cm³/mol. The highest BCUT2D eigenvalue weighted by Crippen LogP contribution is 2.31. The quantitative estimate of drug-likeness (QED) is 0.626. The Balaban J connectivity index is 2.03. The van der Waals surface area contributed by atoms with Crippen molar-refractivity contribution < 1.29 is 10.2 Å². The monoisotopic (exact) mass is 343 g/mol. The molecule has 3 aromatic rings. The van der Waals surface area contributed by atoms with Crippen molar-refractivity contribution in [1.29, 1.82) is 0 Å². The minimum absolute atomic E-state index is 0.131. The van der Waals surface area contributed by atoms with Crippen LogP contribution in [0.5, 0.6) is 5.75 Å². The predicted octanol–water partition coefficient (Wildman–Crippen LogP) is -0.348. The Morgan fingerprint density at radius 2 is 1.76 bits per heavy atom. The number of aromatic nitrogens is 4. The molecule has 0 aliphatic carbocycles. The fourth-order valence-corrected chi connectivity index (χ4v) is 3.23. The van der Waals surface area contributed by atoms with Gasteiger partial charge in [0.25, 0.3) is 5.56 Å². The maximum atomic E-state index is 12.6. The molecule has 0 saturated heterocycles. The number of aliphatic hydroxyl groups is 1. The van der Waals surface area contributed by atoms with Crippen LogP contribution in [0.1, 0.15) is 0 Å². The third-order valence-corrected chi connectivity index (χ3v) is 4.52. The fraction of sp³-hybridized carbons (Fsp3) is 0.312. The van der Waals surface area contributed by atoms with Crippen LogP contribution >= 0.6 is 0 Å². The van der Waals surface area contributed by atoms with Crippen molar-refractivity contribution >= 4 is 22.8 Å². The van der Waals surface area contributed by atoms with Crippen molar-refractivity contribution in [2.45, 2.75) is 12.6 Å². The van der Waals surface area contributed by atoms with E-state index in [0.29, 0.717) is 12.5 Å². The van der Waals surface area contributed by atoms with E-state index >= 15 is 0 Å². The molecule has 4 rings (SSSR count). The second-order valence-corrected chi connectivity index (χ2v) is 6.18. The summed E-state index contributed by atoms with van der Waals surface area (Å²) in [5.41, 5.74) is 0.374. The number of fused-ring (bicyclic) bond motifs is 3. The average Bonchev–Trinajstić information content (AvgIpc) is 2.97. The van der Waals surface area contributed by atoms with Crippen LogP contribution in [0.3, 0.4) is 0 Å². The number of anilines is 2. The summed E-state index contributed by atoms with van der Waals surface area (Å²) in [6.45, 7) is 0.510. The van der Waals surface area contributed by atoms with Gasteiger partial charge in [-0.05, 0) is 24.3 Å². The van der Waals surface area contributed by atoms with E-state index in [-0.39, 0.29) is 23.5 Å². The number of aromatic hydroxyl groups is 1. The summed E-state index contributed by atoms with van der Waals surface area (Å²) >= 11 is 0. The van der Waals surface area contributed by atoms with E-state index in [9.17, 15) is 19.8 Å². The van der Waals surface area contributed by atoms with Gasteiger partial charge < -0.3 is 19.7 Å². The molecule has 130 valence electrons. The van der Waals surface area contributed by atoms with Crippen LogP contribution in [0.25, 0.3) is 11.2 Å². The van der Waals surface area contributed by atoms with Gasteiger partial charge in [-0.3, -0.25) is 13.9 Å². The molecule has 0 radical (unpaired) electrons. The molecular formula is C16H17N5O4. The Kier molecular flexibility index (Phi) is 3.22. The first kappa shape index (κ1) is 15.5. The van der Waals surface area contributed by atoms with Gasteiger partial charge in [0.2, 0.25) is 5.95 Å². The number of aliphatic hydroxyl groups excluding tert-OH is 1. The number of phenolic OH excluding ortho intramolecular Hbond substituents is 1. The highest BCUT2D eigenvalue weighted by atomic mass is 16.3. The molecule has 0 saturated carbocycles. The van der Waals surface area contributed by atoms with Crippen LogP contribution in [0, 0.1) is 0 Å². The maximum absolute atomic E-state index is 12.6. The van der Waals surface area contributed by atoms with Crippen molar-refractivity contribution in [2.24, 2.45) is 14.1 Å². The van der Waals surface area contributed by atoms with E-state index in [2.05, 4.69) is 4.98 Å². The third-order valence-electron chi connectivity index (χ3n) is 4.52. The van der Waals surface area contributed by atoms with E-state index in [0.717, 1.165) is 10.3 Å². The molecule has 0 unspecified atom stereocenters. The van der Waals surface area contributed by atoms with E-state index in [1.54, 1.807) is 28.6 Å². The van der Waals surface area contributed by atoms with E-state index < -0.39 is 17.4 Å². The van der Waals surface area contributed by atoms with Crippen LogP contribution < -0.4 is 16.1 Å². The summed E-state index contributed by atoms with van der Waals surface area (Å²) < 4.78 is 3.99. The zero-order chi connectivity index (χ0) is 17.9. The first-order valence-corrected chi connectivity index (χ1v) is 7.79. The molecule has 1 aliphatic rings. The normalized spacial score (nSPS) is 17.1. The van der Waals surface area contributed by atoms with Gasteiger partial charge in [0.1, 0.15) is 5.75 Å². The number of hydrogen-bond donors (Lipinski definition) is 2. The summed E-state index contributed by atoms with van der Waals surface area (Å²) in [6.07, 6.45) is -0.708. The summed E-state index contributed by atoms with van der Waals surface area (Å²) in [4.78, 5) is 31.0. The summed E-state index contributed by atoms with van der Waals surface area (Å²) in [5.74, 6) is 0.607. The van der Waals surface area contributed by atoms with Crippen LogP contribution in [-0.4, -0.2) is 41.5 Å². The molecule has 9 nitrogen and oxygen atoms in total.